The molecule has 1 atom stereocenters. The minimum absolute atomic E-state index is 0.138. The second kappa shape index (κ2) is 9.43. The van der Waals surface area contributed by atoms with Crippen LogP contribution in [0.1, 0.15) is 24.8 Å². The van der Waals surface area contributed by atoms with Crippen LogP contribution in [0, 0.1) is 23.0 Å². The maximum atomic E-state index is 14.2. The number of carbonyl (C=O) groups is 1. The van der Waals surface area contributed by atoms with E-state index in [1.165, 1.54) is 23.1 Å². The van der Waals surface area contributed by atoms with Crippen molar-refractivity contribution in [2.45, 2.75) is 31.7 Å². The summed E-state index contributed by atoms with van der Waals surface area (Å²) in [7, 11) is 0. The molecule has 0 spiro atoms. The first kappa shape index (κ1) is 20.0. The van der Waals surface area contributed by atoms with Gasteiger partial charge in [0.05, 0.1) is 24.7 Å². The largest absolute Gasteiger partial charge is 0.308 e. The maximum absolute atomic E-state index is 14.2. The molecule has 2 aromatic carbocycles. The predicted octanol–water partition coefficient (Wildman–Crippen LogP) is 3.92. The van der Waals surface area contributed by atoms with Crippen LogP contribution in [0.15, 0.2) is 48.5 Å². The number of benzene rings is 2. The quantitative estimate of drug-likeness (QED) is 0.728. The Bertz CT molecular complexity index is 848. The summed E-state index contributed by atoms with van der Waals surface area (Å²) in [5, 5.41) is 8.90. The molecule has 1 amide bonds. The number of nitriles is 1. The molecule has 1 aliphatic heterocycles. The molecule has 0 aliphatic carbocycles. The van der Waals surface area contributed by atoms with Gasteiger partial charge in [-0.3, -0.25) is 9.69 Å². The highest BCUT2D eigenvalue weighted by molar-refractivity contribution is 5.95. The van der Waals surface area contributed by atoms with E-state index in [-0.39, 0.29) is 43.0 Å². The number of amides is 1. The summed E-state index contributed by atoms with van der Waals surface area (Å²) in [6, 6.07) is 14.8. The summed E-state index contributed by atoms with van der Waals surface area (Å²) in [5.41, 5.74) is 1.23. The lowest BCUT2D eigenvalue weighted by molar-refractivity contribution is -0.120. The Morgan fingerprint density at radius 1 is 1.18 bits per heavy atom. The molecule has 0 unspecified atom stereocenters. The Hall–Kier alpha value is -2.78. The van der Waals surface area contributed by atoms with Gasteiger partial charge < -0.3 is 4.90 Å². The fraction of sp³-hybridized carbons (Fsp3) is 0.364. The van der Waals surface area contributed by atoms with Gasteiger partial charge in [0.15, 0.2) is 0 Å². The van der Waals surface area contributed by atoms with Crippen LogP contribution in [0.5, 0.6) is 0 Å². The van der Waals surface area contributed by atoms with Gasteiger partial charge in [0.25, 0.3) is 0 Å². The van der Waals surface area contributed by atoms with E-state index in [2.05, 4.69) is 4.90 Å². The van der Waals surface area contributed by atoms with E-state index in [0.717, 1.165) is 31.4 Å². The van der Waals surface area contributed by atoms with E-state index in [9.17, 15) is 13.6 Å². The smallest absolute Gasteiger partial charge is 0.241 e. The molecule has 0 aromatic heterocycles. The van der Waals surface area contributed by atoms with E-state index in [0.29, 0.717) is 0 Å². The van der Waals surface area contributed by atoms with Crippen LogP contribution >= 0.6 is 0 Å². The lowest BCUT2D eigenvalue weighted by atomic mass is 10.0. The van der Waals surface area contributed by atoms with E-state index < -0.39 is 5.82 Å². The molecule has 1 fully saturated rings. The average molecular weight is 383 g/mol. The Kier molecular flexibility index (Phi) is 6.72. The highest BCUT2D eigenvalue weighted by atomic mass is 19.1. The summed E-state index contributed by atoms with van der Waals surface area (Å²) in [6.07, 6.45) is 2.82. The van der Waals surface area contributed by atoms with Gasteiger partial charge >= 0.3 is 0 Å². The number of nitrogens with zero attached hydrogens (tertiary/aromatic N) is 3. The lowest BCUT2D eigenvalue weighted by Crippen LogP contribution is -2.43. The molecule has 6 heteroatoms. The van der Waals surface area contributed by atoms with Crippen molar-refractivity contribution in [2.24, 2.45) is 0 Å². The number of para-hydroxylation sites is 1. The number of carbonyl (C=O) groups excluding carboxylic acids is 1. The van der Waals surface area contributed by atoms with Crippen molar-refractivity contribution < 1.29 is 13.6 Å². The van der Waals surface area contributed by atoms with E-state index in [1.54, 1.807) is 30.3 Å². The number of hydrogen-bond donors (Lipinski definition) is 0. The van der Waals surface area contributed by atoms with Crippen LogP contribution in [0.4, 0.5) is 14.5 Å². The molecule has 1 heterocycles. The fourth-order valence-corrected chi connectivity index (χ4v) is 3.70. The standard InChI is InChI=1S/C22H23F2N3O/c23-18-10-8-17(9-11-18)15-19-5-3-13-26(19)16-22(28)27(14-4-12-25)21-7-2-1-6-20(21)24/h1-2,6-11,19H,3-5,13-16H2/t19-/m1/s1. The number of likely N-dealkylation sites (tertiary alicyclic amines) is 1. The summed E-state index contributed by atoms with van der Waals surface area (Å²) in [6.45, 7) is 1.12. The van der Waals surface area contributed by atoms with Crippen molar-refractivity contribution in [2.75, 3.05) is 24.5 Å². The van der Waals surface area contributed by atoms with Crippen molar-refractivity contribution >= 4 is 11.6 Å². The van der Waals surface area contributed by atoms with Crippen molar-refractivity contribution in [3.63, 3.8) is 0 Å². The zero-order valence-corrected chi connectivity index (χ0v) is 15.7. The molecule has 0 bridgehead atoms. The molecule has 3 rings (SSSR count). The van der Waals surface area contributed by atoms with Gasteiger partial charge in [0.2, 0.25) is 5.91 Å². The summed E-state index contributed by atoms with van der Waals surface area (Å²) in [5.74, 6) is -0.954. The van der Waals surface area contributed by atoms with Crippen molar-refractivity contribution in [3.05, 3.63) is 65.7 Å². The van der Waals surface area contributed by atoms with Gasteiger partial charge in [-0.15, -0.1) is 0 Å². The van der Waals surface area contributed by atoms with Gasteiger partial charge in [-0.1, -0.05) is 24.3 Å². The van der Waals surface area contributed by atoms with Crippen LogP contribution < -0.4 is 4.90 Å². The number of hydrogen-bond acceptors (Lipinski definition) is 3. The highest BCUT2D eigenvalue weighted by Crippen LogP contribution is 2.24. The normalized spacial score (nSPS) is 16.7. The van der Waals surface area contributed by atoms with Gasteiger partial charge in [0, 0.05) is 12.6 Å². The molecule has 146 valence electrons. The summed E-state index contributed by atoms with van der Waals surface area (Å²) >= 11 is 0. The predicted molar refractivity (Wildman–Crippen MR) is 104 cm³/mol. The van der Waals surface area contributed by atoms with Gasteiger partial charge in [-0.05, 0) is 55.6 Å². The SMILES string of the molecule is N#CCCN(C(=O)CN1CCC[C@@H]1Cc1ccc(F)cc1)c1ccccc1F. The van der Waals surface area contributed by atoms with Crippen LogP contribution in [-0.4, -0.2) is 36.5 Å². The molecule has 1 saturated heterocycles. The number of halogens is 2. The Morgan fingerprint density at radius 3 is 2.64 bits per heavy atom. The third-order valence-electron chi connectivity index (χ3n) is 5.11. The molecule has 0 N–H and O–H groups in total. The van der Waals surface area contributed by atoms with Crippen LogP contribution in [0.2, 0.25) is 0 Å². The van der Waals surface area contributed by atoms with E-state index in [4.69, 9.17) is 5.26 Å². The summed E-state index contributed by atoms with van der Waals surface area (Å²) in [4.78, 5) is 16.4. The Balaban J connectivity index is 1.70. The van der Waals surface area contributed by atoms with Gasteiger partial charge in [-0.25, -0.2) is 8.78 Å². The number of rotatable bonds is 7. The monoisotopic (exact) mass is 383 g/mol. The highest BCUT2D eigenvalue weighted by Gasteiger charge is 2.29. The second-order valence-corrected chi connectivity index (χ2v) is 7.00. The van der Waals surface area contributed by atoms with Crippen molar-refractivity contribution in [3.8, 4) is 6.07 Å². The molecule has 0 radical (unpaired) electrons. The minimum Gasteiger partial charge on any atom is -0.308 e. The van der Waals surface area contributed by atoms with Crippen LogP contribution in [0.25, 0.3) is 0 Å². The van der Waals surface area contributed by atoms with Gasteiger partial charge in [-0.2, -0.15) is 5.26 Å². The lowest BCUT2D eigenvalue weighted by Gasteiger charge is -2.28. The molecular formula is C22H23F2N3O. The van der Waals surface area contributed by atoms with Crippen molar-refractivity contribution in [1.29, 1.82) is 5.26 Å². The van der Waals surface area contributed by atoms with E-state index in [1.807, 2.05) is 6.07 Å². The zero-order valence-electron chi connectivity index (χ0n) is 15.7. The average Bonchev–Trinajstić information content (AvgIpc) is 3.12. The molecular weight excluding hydrogens is 360 g/mol. The fourth-order valence-electron chi connectivity index (χ4n) is 3.70. The first-order chi connectivity index (χ1) is 13.6. The minimum atomic E-state index is -0.474. The Labute approximate surface area is 164 Å². The maximum Gasteiger partial charge on any atom is 0.241 e. The first-order valence-corrected chi connectivity index (χ1v) is 9.49. The Morgan fingerprint density at radius 2 is 1.93 bits per heavy atom. The zero-order chi connectivity index (χ0) is 19.9. The first-order valence-electron chi connectivity index (χ1n) is 9.49. The summed E-state index contributed by atoms with van der Waals surface area (Å²) < 4.78 is 27.3. The molecule has 2 aromatic rings. The van der Waals surface area contributed by atoms with Gasteiger partial charge in [0.1, 0.15) is 11.6 Å². The molecule has 1 aliphatic rings. The van der Waals surface area contributed by atoms with E-state index >= 15 is 0 Å². The number of anilines is 1. The third kappa shape index (κ3) is 4.93. The topological polar surface area (TPSA) is 47.3 Å². The second-order valence-electron chi connectivity index (χ2n) is 7.00. The third-order valence-corrected chi connectivity index (χ3v) is 5.11. The molecule has 28 heavy (non-hydrogen) atoms. The van der Waals surface area contributed by atoms with Crippen LogP contribution in [0.3, 0.4) is 0 Å². The molecule has 4 nitrogen and oxygen atoms in total. The molecule has 0 saturated carbocycles. The van der Waals surface area contributed by atoms with Crippen molar-refractivity contribution in [1.82, 2.24) is 4.90 Å². The van der Waals surface area contributed by atoms with Crippen LogP contribution in [-0.2, 0) is 11.2 Å².